The number of rotatable bonds is 24. The molecule has 3 rings (SSSR count). The van der Waals surface area contributed by atoms with E-state index in [0.717, 1.165) is 16.7 Å². The van der Waals surface area contributed by atoms with E-state index in [0.29, 0.717) is 38.6 Å². The number of nitrogens with one attached hydrogen (secondary N) is 5. The van der Waals surface area contributed by atoms with Gasteiger partial charge in [0.2, 0.25) is 23.6 Å². The molecule has 9 N–H and O–H groups in total. The van der Waals surface area contributed by atoms with Gasteiger partial charge in [-0.15, -0.1) is 0 Å². The normalized spacial score (nSPS) is 13.1. The van der Waals surface area contributed by atoms with E-state index in [4.69, 9.17) is 20.9 Å². The summed E-state index contributed by atoms with van der Waals surface area (Å²) in [6, 6.07) is 23.3. The van der Waals surface area contributed by atoms with Crippen molar-refractivity contribution in [1.82, 2.24) is 26.6 Å². The summed E-state index contributed by atoms with van der Waals surface area (Å²) in [7, 11) is 0. The number of hydrogen-bond donors (Lipinski definition) is 7. The number of unbranched alkanes of at least 4 members (excludes halogenated alkanes) is 2. The first kappa shape index (κ1) is 47.4. The molecule has 0 aliphatic rings. The first-order chi connectivity index (χ1) is 28.2. The van der Waals surface area contributed by atoms with Crippen LogP contribution in [0.5, 0.6) is 0 Å². The number of ether oxygens (including phenoxy) is 2. The standard InChI is InChI=1S/C44H61N7O8/c1-44(2,3)59-43(57)51-35(24-13-15-27-45)39(53)49-36(26-25-31-17-7-4-8-18-31)40(54)50-37(29-32-19-9-5-10-20-32)41(55)48-34(38(46)52)23-14-16-28-47-42(56)58-30-33-21-11-6-12-22-33/h4-12,17-22,34-37H,13-16,23-30,45H2,1-3H3,(H2,46,52)(H,47,56)(H,48,55)(H,49,53)(H,50,54)(H,51,57)/t34-,35-,36-,37-/m0/s1. The maximum absolute atomic E-state index is 14.2. The predicted molar refractivity (Wildman–Crippen MR) is 224 cm³/mol. The van der Waals surface area contributed by atoms with Gasteiger partial charge in [-0.25, -0.2) is 9.59 Å². The van der Waals surface area contributed by atoms with Crippen molar-refractivity contribution in [1.29, 1.82) is 0 Å². The minimum Gasteiger partial charge on any atom is -0.445 e. The van der Waals surface area contributed by atoms with Crippen LogP contribution >= 0.6 is 0 Å². The zero-order valence-corrected chi connectivity index (χ0v) is 34.4. The van der Waals surface area contributed by atoms with E-state index in [9.17, 15) is 28.8 Å². The maximum Gasteiger partial charge on any atom is 0.408 e. The summed E-state index contributed by atoms with van der Waals surface area (Å²) in [5, 5.41) is 13.6. The highest BCUT2D eigenvalue weighted by atomic mass is 16.6. The molecule has 0 aromatic heterocycles. The summed E-state index contributed by atoms with van der Waals surface area (Å²) in [4.78, 5) is 79.3. The third-order valence-electron chi connectivity index (χ3n) is 9.13. The van der Waals surface area contributed by atoms with Crippen molar-refractivity contribution in [2.75, 3.05) is 13.1 Å². The number of nitrogens with two attached hydrogens (primary N) is 2. The first-order valence-electron chi connectivity index (χ1n) is 20.2. The lowest BCUT2D eigenvalue weighted by Gasteiger charge is -2.27. The molecule has 0 aliphatic carbocycles. The van der Waals surface area contributed by atoms with Crippen LogP contribution in [0.4, 0.5) is 9.59 Å². The Balaban J connectivity index is 1.72. The number of primary amides is 1. The smallest absolute Gasteiger partial charge is 0.408 e. The van der Waals surface area contributed by atoms with E-state index in [1.807, 2.05) is 66.7 Å². The van der Waals surface area contributed by atoms with Crippen LogP contribution in [-0.2, 0) is 48.1 Å². The molecule has 4 atom stereocenters. The average Bonchev–Trinajstić information content (AvgIpc) is 3.20. The molecule has 0 saturated heterocycles. The molecule has 3 aromatic rings. The third kappa shape index (κ3) is 19.4. The minimum atomic E-state index is -1.16. The molecule has 0 aliphatic heterocycles. The number of benzene rings is 3. The molecule has 0 heterocycles. The highest BCUT2D eigenvalue weighted by molar-refractivity contribution is 5.95. The lowest BCUT2D eigenvalue weighted by atomic mass is 10.0. The monoisotopic (exact) mass is 815 g/mol. The van der Waals surface area contributed by atoms with Gasteiger partial charge >= 0.3 is 12.2 Å². The number of aryl methyl sites for hydroxylation is 1. The fraction of sp³-hybridized carbons (Fsp3) is 0.455. The Kier molecular flexibility index (Phi) is 20.4. The second-order valence-corrected chi connectivity index (χ2v) is 15.3. The van der Waals surface area contributed by atoms with Gasteiger partial charge in [-0.1, -0.05) is 91.0 Å². The molecule has 0 saturated carbocycles. The van der Waals surface area contributed by atoms with Crippen LogP contribution in [0.15, 0.2) is 91.0 Å². The van der Waals surface area contributed by atoms with E-state index < -0.39 is 65.6 Å². The molecule has 0 unspecified atom stereocenters. The van der Waals surface area contributed by atoms with Crippen LogP contribution < -0.4 is 38.1 Å². The van der Waals surface area contributed by atoms with Crippen molar-refractivity contribution in [3.8, 4) is 0 Å². The van der Waals surface area contributed by atoms with Crippen molar-refractivity contribution < 1.29 is 38.2 Å². The minimum absolute atomic E-state index is 0.0696. The Labute approximate surface area is 347 Å². The van der Waals surface area contributed by atoms with Gasteiger partial charge in [0, 0.05) is 13.0 Å². The van der Waals surface area contributed by atoms with Crippen molar-refractivity contribution >= 4 is 35.8 Å². The summed E-state index contributed by atoms with van der Waals surface area (Å²) >= 11 is 0. The van der Waals surface area contributed by atoms with Crippen molar-refractivity contribution in [2.45, 2.75) is 115 Å². The first-order valence-corrected chi connectivity index (χ1v) is 20.2. The lowest BCUT2D eigenvalue weighted by Crippen LogP contribution is -2.58. The molecule has 6 amide bonds. The topological polar surface area (TPSA) is 233 Å². The summed E-state index contributed by atoms with van der Waals surface area (Å²) in [6.07, 6.45) is 1.77. The second kappa shape index (κ2) is 25.4. The number of amides is 6. The van der Waals surface area contributed by atoms with Gasteiger partial charge in [-0.3, -0.25) is 19.2 Å². The fourth-order valence-electron chi connectivity index (χ4n) is 6.04. The molecule has 3 aromatic carbocycles. The van der Waals surface area contributed by atoms with E-state index in [2.05, 4.69) is 26.6 Å². The summed E-state index contributed by atoms with van der Waals surface area (Å²) in [6.45, 7) is 5.93. The van der Waals surface area contributed by atoms with Gasteiger partial charge in [0.1, 0.15) is 36.4 Å². The second-order valence-electron chi connectivity index (χ2n) is 15.3. The molecule has 0 bridgehead atoms. The quantitative estimate of drug-likeness (QED) is 0.0649. The predicted octanol–water partition coefficient (Wildman–Crippen LogP) is 3.92. The molecular weight excluding hydrogens is 755 g/mol. The molecular formula is C44H61N7O8. The van der Waals surface area contributed by atoms with Crippen LogP contribution in [0.2, 0.25) is 0 Å². The van der Waals surface area contributed by atoms with Gasteiger partial charge in [0.25, 0.3) is 0 Å². The van der Waals surface area contributed by atoms with Crippen LogP contribution in [-0.4, -0.2) is 78.7 Å². The lowest BCUT2D eigenvalue weighted by molar-refractivity contribution is -0.133. The van der Waals surface area contributed by atoms with Crippen LogP contribution in [0.3, 0.4) is 0 Å². The average molecular weight is 816 g/mol. The number of carbonyl (C=O) groups excluding carboxylic acids is 6. The Hall–Kier alpha value is -5.96. The maximum atomic E-state index is 14.2. The number of carbonyl (C=O) groups is 6. The fourth-order valence-corrected chi connectivity index (χ4v) is 6.04. The van der Waals surface area contributed by atoms with Crippen LogP contribution in [0, 0.1) is 0 Å². The van der Waals surface area contributed by atoms with Crippen molar-refractivity contribution in [2.24, 2.45) is 11.5 Å². The molecule has 0 fully saturated rings. The van der Waals surface area contributed by atoms with Gasteiger partial charge in [-0.2, -0.15) is 0 Å². The van der Waals surface area contributed by atoms with Crippen molar-refractivity contribution in [3.63, 3.8) is 0 Å². The number of alkyl carbamates (subject to hydrolysis) is 2. The Morgan fingerprint density at radius 2 is 1.07 bits per heavy atom. The van der Waals surface area contributed by atoms with Gasteiger partial charge in [-0.05, 0) is 95.4 Å². The third-order valence-corrected chi connectivity index (χ3v) is 9.13. The summed E-state index contributed by atoms with van der Waals surface area (Å²) in [5.41, 5.74) is 13.1. The van der Waals surface area contributed by atoms with E-state index in [-0.39, 0.29) is 38.8 Å². The Morgan fingerprint density at radius 1 is 0.576 bits per heavy atom. The summed E-state index contributed by atoms with van der Waals surface area (Å²) < 4.78 is 10.6. The van der Waals surface area contributed by atoms with E-state index in [1.54, 1.807) is 45.0 Å². The molecule has 59 heavy (non-hydrogen) atoms. The largest absolute Gasteiger partial charge is 0.445 e. The molecule has 15 nitrogen and oxygen atoms in total. The summed E-state index contributed by atoms with van der Waals surface area (Å²) in [5.74, 6) is -2.64. The zero-order chi connectivity index (χ0) is 43.0. The van der Waals surface area contributed by atoms with E-state index in [1.165, 1.54) is 0 Å². The molecule has 15 heteroatoms. The molecule has 0 radical (unpaired) electrons. The Bertz CT molecular complexity index is 1760. The van der Waals surface area contributed by atoms with Gasteiger partial charge < -0.3 is 47.5 Å². The highest BCUT2D eigenvalue weighted by Gasteiger charge is 2.32. The molecule has 0 spiro atoms. The van der Waals surface area contributed by atoms with E-state index >= 15 is 0 Å². The van der Waals surface area contributed by atoms with Gasteiger partial charge in [0.05, 0.1) is 0 Å². The number of hydrogen-bond acceptors (Lipinski definition) is 9. The van der Waals surface area contributed by atoms with Crippen LogP contribution in [0.1, 0.15) is 82.4 Å². The molecule has 320 valence electrons. The zero-order valence-electron chi connectivity index (χ0n) is 34.4. The van der Waals surface area contributed by atoms with Gasteiger partial charge in [0.15, 0.2) is 0 Å². The van der Waals surface area contributed by atoms with Crippen LogP contribution in [0.25, 0.3) is 0 Å². The Morgan fingerprint density at radius 3 is 1.64 bits per heavy atom. The highest BCUT2D eigenvalue weighted by Crippen LogP contribution is 2.12. The SMILES string of the molecule is CC(C)(C)OC(=O)N[C@@H](CCCCN)C(=O)N[C@@H](CCc1ccccc1)C(=O)N[C@@H](Cc1ccccc1)C(=O)N[C@@H](CCCCNC(=O)OCc1ccccc1)C(N)=O. The van der Waals surface area contributed by atoms with Crippen molar-refractivity contribution in [3.05, 3.63) is 108 Å².